The highest BCUT2D eigenvalue weighted by molar-refractivity contribution is 14.0. The summed E-state index contributed by atoms with van der Waals surface area (Å²) in [5.41, 5.74) is 2.47. The number of para-hydroxylation sites is 1. The van der Waals surface area contributed by atoms with Crippen LogP contribution in [0.3, 0.4) is 0 Å². The van der Waals surface area contributed by atoms with Crippen LogP contribution in [0.5, 0.6) is 5.75 Å². The zero-order valence-electron chi connectivity index (χ0n) is 15.4. The van der Waals surface area contributed by atoms with Crippen LogP contribution in [-0.2, 0) is 6.54 Å². The quantitative estimate of drug-likeness (QED) is 0.406. The number of nitrogens with zero attached hydrogens (tertiary/aromatic N) is 2. The van der Waals surface area contributed by atoms with Crippen molar-refractivity contribution in [3.63, 3.8) is 0 Å². The number of benzene rings is 2. The van der Waals surface area contributed by atoms with Crippen LogP contribution in [0, 0.1) is 0 Å². The van der Waals surface area contributed by atoms with E-state index in [9.17, 15) is 0 Å². The van der Waals surface area contributed by atoms with Crippen molar-refractivity contribution < 1.29 is 4.74 Å². The van der Waals surface area contributed by atoms with Crippen LogP contribution < -0.4 is 10.1 Å². The van der Waals surface area contributed by atoms with Gasteiger partial charge in [-0.05, 0) is 17.5 Å². The van der Waals surface area contributed by atoms with E-state index in [-0.39, 0.29) is 24.0 Å². The van der Waals surface area contributed by atoms with Gasteiger partial charge in [0.05, 0.1) is 7.11 Å². The van der Waals surface area contributed by atoms with Crippen LogP contribution in [0.1, 0.15) is 24.0 Å². The van der Waals surface area contributed by atoms with Crippen LogP contribution in [0.25, 0.3) is 0 Å². The number of methoxy groups -OCH3 is 1. The largest absolute Gasteiger partial charge is 0.496 e. The summed E-state index contributed by atoms with van der Waals surface area (Å²) < 4.78 is 5.43. The Kier molecular flexibility index (Phi) is 9.34. The Hall–Kier alpha value is -1.76. The molecule has 2 aromatic carbocycles. The Bertz CT molecular complexity index is 661. The molecular formula is C20H28IN3O. The first-order valence-electron chi connectivity index (χ1n) is 8.24. The minimum Gasteiger partial charge on any atom is -0.496 e. The van der Waals surface area contributed by atoms with E-state index in [1.165, 1.54) is 5.56 Å². The van der Waals surface area contributed by atoms with E-state index in [1.54, 1.807) is 7.11 Å². The lowest BCUT2D eigenvalue weighted by molar-refractivity contribution is 0.396. The Balaban J connectivity index is 0.00000312. The third-order valence-corrected chi connectivity index (χ3v) is 4.11. The van der Waals surface area contributed by atoms with Crippen LogP contribution in [-0.4, -0.2) is 38.6 Å². The molecule has 2 aromatic rings. The van der Waals surface area contributed by atoms with Crippen LogP contribution in [0.4, 0.5) is 0 Å². The molecule has 0 amide bonds. The van der Waals surface area contributed by atoms with Crippen LogP contribution >= 0.6 is 24.0 Å². The number of nitrogens with one attached hydrogen (secondary N) is 1. The van der Waals surface area contributed by atoms with Crippen molar-refractivity contribution in [1.29, 1.82) is 0 Å². The summed E-state index contributed by atoms with van der Waals surface area (Å²) in [5, 5.41) is 3.46. The summed E-state index contributed by atoms with van der Waals surface area (Å²) in [7, 11) is 5.55. The first-order valence-corrected chi connectivity index (χ1v) is 8.24. The molecular weight excluding hydrogens is 425 g/mol. The van der Waals surface area contributed by atoms with E-state index < -0.39 is 0 Å². The molecule has 0 aromatic heterocycles. The van der Waals surface area contributed by atoms with E-state index >= 15 is 0 Å². The molecule has 0 bridgehead atoms. The maximum Gasteiger partial charge on any atom is 0.193 e. The predicted molar refractivity (Wildman–Crippen MR) is 116 cm³/mol. The monoisotopic (exact) mass is 453 g/mol. The van der Waals surface area contributed by atoms with E-state index in [0.717, 1.165) is 30.4 Å². The Morgan fingerprint density at radius 2 is 1.76 bits per heavy atom. The average molecular weight is 453 g/mol. The number of guanidine groups is 1. The van der Waals surface area contributed by atoms with Gasteiger partial charge in [0.1, 0.15) is 5.75 Å². The lowest BCUT2D eigenvalue weighted by Gasteiger charge is -2.24. The van der Waals surface area contributed by atoms with Gasteiger partial charge >= 0.3 is 0 Å². The van der Waals surface area contributed by atoms with Gasteiger partial charge < -0.3 is 15.0 Å². The molecule has 136 valence electrons. The Labute approximate surface area is 168 Å². The van der Waals surface area contributed by atoms with Gasteiger partial charge in [-0.1, -0.05) is 55.5 Å². The standard InChI is InChI=1S/C20H27N3O.HI/c1-16(17-10-6-5-7-11-17)14-22-20(21-2)23(3)15-18-12-8-9-13-19(18)24-4;/h5-13,16H,14-15H2,1-4H3,(H,21,22);1H. The van der Waals surface area contributed by atoms with E-state index in [2.05, 4.69) is 52.5 Å². The molecule has 0 aliphatic heterocycles. The second-order valence-corrected chi connectivity index (χ2v) is 5.91. The predicted octanol–water partition coefficient (Wildman–Crippen LogP) is 4.12. The molecule has 1 unspecified atom stereocenters. The summed E-state index contributed by atoms with van der Waals surface area (Å²) >= 11 is 0. The molecule has 0 saturated carbocycles. The molecule has 0 fully saturated rings. The Morgan fingerprint density at radius 3 is 2.40 bits per heavy atom. The lowest BCUT2D eigenvalue weighted by Crippen LogP contribution is -2.40. The third kappa shape index (κ3) is 6.23. The number of hydrogen-bond donors (Lipinski definition) is 1. The van der Waals surface area contributed by atoms with E-state index in [0.29, 0.717) is 5.92 Å². The Morgan fingerprint density at radius 1 is 1.12 bits per heavy atom. The molecule has 4 nitrogen and oxygen atoms in total. The smallest absolute Gasteiger partial charge is 0.193 e. The van der Waals surface area contributed by atoms with Gasteiger partial charge in [0.25, 0.3) is 0 Å². The zero-order valence-corrected chi connectivity index (χ0v) is 17.7. The van der Waals surface area contributed by atoms with Crippen LogP contribution in [0.2, 0.25) is 0 Å². The summed E-state index contributed by atoms with van der Waals surface area (Å²) in [6.07, 6.45) is 0. The number of halogens is 1. The summed E-state index contributed by atoms with van der Waals surface area (Å²) in [6, 6.07) is 18.6. The first kappa shape index (κ1) is 21.3. The van der Waals surface area contributed by atoms with Gasteiger partial charge in [0.2, 0.25) is 0 Å². The van der Waals surface area contributed by atoms with Crippen molar-refractivity contribution >= 4 is 29.9 Å². The SMILES string of the molecule is CN=C(NCC(C)c1ccccc1)N(C)Cc1ccccc1OC.I. The van der Waals surface area contributed by atoms with Crippen molar-refractivity contribution in [2.24, 2.45) is 4.99 Å². The maximum absolute atomic E-state index is 5.43. The minimum atomic E-state index is 0. The molecule has 0 heterocycles. The third-order valence-electron chi connectivity index (χ3n) is 4.11. The van der Waals surface area contributed by atoms with Gasteiger partial charge in [-0.25, -0.2) is 0 Å². The lowest BCUT2D eigenvalue weighted by atomic mass is 10.0. The van der Waals surface area contributed by atoms with E-state index in [4.69, 9.17) is 4.74 Å². The van der Waals surface area contributed by atoms with Gasteiger partial charge in [-0.15, -0.1) is 24.0 Å². The first-order chi connectivity index (χ1) is 11.7. The van der Waals surface area contributed by atoms with Gasteiger partial charge in [0.15, 0.2) is 5.96 Å². The number of aliphatic imine (C=N–C) groups is 1. The van der Waals surface area contributed by atoms with Gasteiger partial charge in [-0.3, -0.25) is 4.99 Å². The molecule has 5 heteroatoms. The fourth-order valence-corrected chi connectivity index (χ4v) is 2.69. The molecule has 0 aliphatic rings. The minimum absolute atomic E-state index is 0. The number of ether oxygens (including phenoxy) is 1. The summed E-state index contributed by atoms with van der Waals surface area (Å²) in [6.45, 7) is 3.80. The number of hydrogen-bond acceptors (Lipinski definition) is 2. The topological polar surface area (TPSA) is 36.9 Å². The van der Waals surface area contributed by atoms with Crippen molar-refractivity contribution in [3.05, 3.63) is 65.7 Å². The van der Waals surface area contributed by atoms with Gasteiger partial charge in [-0.2, -0.15) is 0 Å². The maximum atomic E-state index is 5.43. The fourth-order valence-electron chi connectivity index (χ4n) is 2.69. The molecule has 0 aliphatic carbocycles. The summed E-state index contributed by atoms with van der Waals surface area (Å²) in [5.74, 6) is 2.20. The van der Waals surface area contributed by atoms with E-state index in [1.807, 2.05) is 38.4 Å². The van der Waals surface area contributed by atoms with Crippen molar-refractivity contribution in [2.45, 2.75) is 19.4 Å². The molecule has 2 rings (SSSR count). The van der Waals surface area contributed by atoms with Crippen molar-refractivity contribution in [3.8, 4) is 5.75 Å². The molecule has 1 atom stereocenters. The van der Waals surface area contributed by atoms with Crippen LogP contribution in [0.15, 0.2) is 59.6 Å². The molecule has 0 radical (unpaired) electrons. The van der Waals surface area contributed by atoms with Crippen molar-refractivity contribution in [2.75, 3.05) is 27.7 Å². The zero-order chi connectivity index (χ0) is 17.4. The summed E-state index contributed by atoms with van der Waals surface area (Å²) in [4.78, 5) is 6.50. The molecule has 1 N–H and O–H groups in total. The van der Waals surface area contributed by atoms with Gasteiger partial charge in [0, 0.05) is 32.7 Å². The second-order valence-electron chi connectivity index (χ2n) is 5.91. The highest BCUT2D eigenvalue weighted by atomic mass is 127. The second kappa shape index (κ2) is 11.0. The highest BCUT2D eigenvalue weighted by Crippen LogP contribution is 2.19. The highest BCUT2D eigenvalue weighted by Gasteiger charge is 2.11. The molecule has 25 heavy (non-hydrogen) atoms. The fraction of sp³-hybridized carbons (Fsp3) is 0.350. The normalized spacial score (nSPS) is 12.1. The number of rotatable bonds is 6. The average Bonchev–Trinajstić information content (AvgIpc) is 2.63. The molecule has 0 saturated heterocycles. The van der Waals surface area contributed by atoms with Crippen molar-refractivity contribution in [1.82, 2.24) is 10.2 Å². The molecule has 0 spiro atoms.